The number of piperidine rings is 1. The summed E-state index contributed by atoms with van der Waals surface area (Å²) in [6, 6.07) is 1.33. The van der Waals surface area contributed by atoms with Crippen LogP contribution in [0.3, 0.4) is 0 Å². The van der Waals surface area contributed by atoms with Gasteiger partial charge in [-0.25, -0.2) is 9.97 Å². The zero-order valence-electron chi connectivity index (χ0n) is 19.3. The second-order valence-corrected chi connectivity index (χ2v) is 8.93. The van der Waals surface area contributed by atoms with E-state index < -0.39 is 0 Å². The van der Waals surface area contributed by atoms with E-state index in [-0.39, 0.29) is 28.6 Å². The third kappa shape index (κ3) is 4.16. The molecule has 4 aromatic rings. The van der Waals surface area contributed by atoms with Gasteiger partial charge in [-0.15, -0.1) is 0 Å². The molecule has 0 spiro atoms. The van der Waals surface area contributed by atoms with Crippen LogP contribution >= 0.6 is 11.6 Å². The van der Waals surface area contributed by atoms with Gasteiger partial charge in [0.1, 0.15) is 5.69 Å². The van der Waals surface area contributed by atoms with Crippen molar-refractivity contribution in [2.45, 2.75) is 18.9 Å². The first-order valence-corrected chi connectivity index (χ1v) is 11.7. The van der Waals surface area contributed by atoms with Crippen molar-refractivity contribution in [3.05, 3.63) is 83.3 Å². The number of carbonyl (C=O) groups is 1. The molecule has 1 unspecified atom stereocenters. The highest BCUT2D eigenvalue weighted by atomic mass is 35.5. The fourth-order valence-corrected chi connectivity index (χ4v) is 4.68. The van der Waals surface area contributed by atoms with Crippen LogP contribution < -0.4 is 11.2 Å². The summed E-state index contributed by atoms with van der Waals surface area (Å²) in [6.45, 7) is 8.44. The molecule has 0 bridgehead atoms. The lowest BCUT2D eigenvalue weighted by Crippen LogP contribution is -2.40. The summed E-state index contributed by atoms with van der Waals surface area (Å²) in [6.07, 6.45) is 12.7. The van der Waals surface area contributed by atoms with E-state index in [0.29, 0.717) is 35.3 Å². The average Bonchev–Trinajstić information content (AvgIpc) is 3.29. The Balaban J connectivity index is 1.54. The van der Waals surface area contributed by atoms with Gasteiger partial charge in [-0.1, -0.05) is 24.8 Å². The van der Waals surface area contributed by atoms with Crippen molar-refractivity contribution < 1.29 is 4.79 Å². The van der Waals surface area contributed by atoms with Crippen molar-refractivity contribution in [3.63, 3.8) is 0 Å². The molecule has 4 aromatic heterocycles. The van der Waals surface area contributed by atoms with E-state index in [1.54, 1.807) is 46.6 Å². The minimum Gasteiger partial charge on any atom is -0.399 e. The number of hydrogen-bond donors (Lipinski definition) is 1. The lowest BCUT2D eigenvalue weighted by molar-refractivity contribution is -0.127. The van der Waals surface area contributed by atoms with Crippen molar-refractivity contribution in [1.29, 1.82) is 0 Å². The quantitative estimate of drug-likeness (QED) is 0.416. The van der Waals surface area contributed by atoms with E-state index in [4.69, 9.17) is 22.4 Å². The molecule has 1 aliphatic heterocycles. The molecule has 0 aliphatic carbocycles. The first-order chi connectivity index (χ1) is 17.4. The lowest BCUT2D eigenvalue weighted by Gasteiger charge is -2.32. The zero-order valence-corrected chi connectivity index (χ0v) is 20.1. The molecule has 36 heavy (non-hydrogen) atoms. The summed E-state index contributed by atoms with van der Waals surface area (Å²) in [5.74, 6) is 0.254. The Labute approximate surface area is 211 Å². The number of carbonyl (C=O) groups excluding carboxylic acids is 1. The Morgan fingerprint density at radius 1 is 1.22 bits per heavy atom. The number of likely N-dealkylation sites (tertiary alicyclic amines) is 1. The SMILES string of the molecule is C=CC(=O)N1CCCC(n2nc(-c3cnc(-n4ccc(=O)c(C(=C)N)c4)nc3)c3cncc(Cl)c32)C1. The molecule has 182 valence electrons. The fourth-order valence-electron chi connectivity index (χ4n) is 4.43. The minimum atomic E-state index is -0.229. The minimum absolute atomic E-state index is 0.0528. The summed E-state index contributed by atoms with van der Waals surface area (Å²) in [7, 11) is 0. The summed E-state index contributed by atoms with van der Waals surface area (Å²) in [5, 5.41) is 6.12. The Bertz CT molecular complexity index is 1560. The summed E-state index contributed by atoms with van der Waals surface area (Å²) >= 11 is 6.57. The number of fused-ring (bicyclic) bond motifs is 1. The second kappa shape index (κ2) is 9.38. The maximum Gasteiger partial charge on any atom is 0.246 e. The molecule has 0 saturated carbocycles. The first kappa shape index (κ1) is 23.4. The van der Waals surface area contributed by atoms with Gasteiger partial charge >= 0.3 is 0 Å². The molecule has 1 amide bonds. The summed E-state index contributed by atoms with van der Waals surface area (Å²) < 4.78 is 3.48. The van der Waals surface area contributed by atoms with Crippen LogP contribution in [0.5, 0.6) is 0 Å². The molecule has 11 heteroatoms. The predicted octanol–water partition coefficient (Wildman–Crippen LogP) is 2.97. The maximum atomic E-state index is 12.2. The summed E-state index contributed by atoms with van der Waals surface area (Å²) in [5.41, 5.74) is 8.00. The Morgan fingerprint density at radius 2 is 2.00 bits per heavy atom. The lowest BCUT2D eigenvalue weighted by atomic mass is 10.1. The van der Waals surface area contributed by atoms with Gasteiger partial charge in [0.15, 0.2) is 5.43 Å². The highest BCUT2D eigenvalue weighted by Crippen LogP contribution is 2.35. The van der Waals surface area contributed by atoms with Gasteiger partial charge in [0.2, 0.25) is 11.9 Å². The maximum absolute atomic E-state index is 12.2. The molecule has 1 aliphatic rings. The van der Waals surface area contributed by atoms with Gasteiger partial charge in [0.25, 0.3) is 0 Å². The molecule has 5 rings (SSSR count). The van der Waals surface area contributed by atoms with Gasteiger partial charge in [0.05, 0.1) is 22.1 Å². The van der Waals surface area contributed by atoms with Crippen LogP contribution in [0.15, 0.2) is 67.3 Å². The highest BCUT2D eigenvalue weighted by Gasteiger charge is 2.27. The number of nitrogens with two attached hydrogens (primary N) is 1. The van der Waals surface area contributed by atoms with Crippen LogP contribution in [0.4, 0.5) is 0 Å². The van der Waals surface area contributed by atoms with Crippen LogP contribution in [-0.4, -0.2) is 53.2 Å². The van der Waals surface area contributed by atoms with E-state index in [1.807, 2.05) is 4.68 Å². The monoisotopic (exact) mass is 502 g/mol. The smallest absolute Gasteiger partial charge is 0.246 e. The van der Waals surface area contributed by atoms with Crippen molar-refractivity contribution in [3.8, 4) is 17.2 Å². The van der Waals surface area contributed by atoms with Crippen molar-refractivity contribution >= 4 is 34.1 Å². The largest absolute Gasteiger partial charge is 0.399 e. The molecule has 0 radical (unpaired) electrons. The Kier molecular flexibility index (Phi) is 6.11. The normalized spacial score (nSPS) is 15.7. The second-order valence-electron chi connectivity index (χ2n) is 8.52. The number of halogens is 1. The number of nitrogens with zero attached hydrogens (tertiary/aromatic N) is 7. The molecule has 10 nitrogen and oxygen atoms in total. The molecule has 2 N–H and O–H groups in total. The van der Waals surface area contributed by atoms with E-state index in [2.05, 4.69) is 28.1 Å². The van der Waals surface area contributed by atoms with Crippen molar-refractivity contribution in [2.24, 2.45) is 5.73 Å². The highest BCUT2D eigenvalue weighted by molar-refractivity contribution is 6.35. The third-order valence-electron chi connectivity index (χ3n) is 6.20. The Hall–Kier alpha value is -4.31. The molecule has 1 fully saturated rings. The molecule has 1 atom stereocenters. The molecule has 5 heterocycles. The summed E-state index contributed by atoms with van der Waals surface area (Å²) in [4.78, 5) is 39.2. The number of rotatable bonds is 5. The topological polar surface area (TPSA) is 125 Å². The fraction of sp³-hybridized carbons (Fsp3) is 0.200. The van der Waals surface area contributed by atoms with Crippen LogP contribution in [-0.2, 0) is 4.79 Å². The van der Waals surface area contributed by atoms with Gasteiger partial charge in [-0.2, -0.15) is 5.10 Å². The molecule has 0 aromatic carbocycles. The molecular formula is C25H23ClN8O2. The first-order valence-electron chi connectivity index (χ1n) is 11.3. The van der Waals surface area contributed by atoms with Crippen LogP contribution in [0.1, 0.15) is 24.4 Å². The number of amides is 1. The number of hydrogen-bond acceptors (Lipinski definition) is 7. The van der Waals surface area contributed by atoms with E-state index in [9.17, 15) is 9.59 Å². The standard InChI is InChI=1S/C25H23ClN8O2/c1-3-22(36)32-7-4-5-17(13-32)34-24-18(11-28-12-20(24)26)23(31-34)16-9-29-25(30-10-16)33-8-6-21(35)19(14-33)15(2)27/h3,6,8-12,14,17H,1-2,4-5,7,13,27H2. The number of pyridine rings is 2. The van der Waals surface area contributed by atoms with Crippen molar-refractivity contribution in [2.75, 3.05) is 13.1 Å². The number of aromatic nitrogens is 6. The van der Waals surface area contributed by atoms with E-state index >= 15 is 0 Å². The van der Waals surface area contributed by atoms with E-state index in [0.717, 1.165) is 23.7 Å². The van der Waals surface area contributed by atoms with Crippen molar-refractivity contribution in [1.82, 2.24) is 34.2 Å². The van der Waals surface area contributed by atoms with E-state index in [1.165, 1.54) is 12.1 Å². The average molecular weight is 503 g/mol. The van der Waals surface area contributed by atoms with Gasteiger partial charge in [0, 0.05) is 73.0 Å². The zero-order chi connectivity index (χ0) is 25.4. The van der Waals surface area contributed by atoms with Crippen LogP contribution in [0.2, 0.25) is 5.02 Å². The Morgan fingerprint density at radius 3 is 2.72 bits per heavy atom. The molecular weight excluding hydrogens is 480 g/mol. The van der Waals surface area contributed by atoms with Gasteiger partial charge < -0.3 is 10.6 Å². The van der Waals surface area contributed by atoms with Crippen LogP contribution in [0, 0.1) is 0 Å². The van der Waals surface area contributed by atoms with Gasteiger partial charge in [-0.05, 0) is 18.9 Å². The predicted molar refractivity (Wildman–Crippen MR) is 137 cm³/mol. The third-order valence-corrected chi connectivity index (χ3v) is 6.48. The molecule has 1 saturated heterocycles. The van der Waals surface area contributed by atoms with Crippen LogP contribution in [0.25, 0.3) is 33.8 Å². The van der Waals surface area contributed by atoms with Gasteiger partial charge in [-0.3, -0.25) is 23.8 Å².